The van der Waals surface area contributed by atoms with Crippen molar-refractivity contribution >= 4 is 35.4 Å². The highest BCUT2D eigenvalue weighted by molar-refractivity contribution is 6.42. The number of hydrogen-bond donors (Lipinski definition) is 1. The van der Waals surface area contributed by atoms with E-state index in [0.717, 1.165) is 6.07 Å². The van der Waals surface area contributed by atoms with E-state index in [9.17, 15) is 18.0 Å². The van der Waals surface area contributed by atoms with Gasteiger partial charge in [-0.25, -0.2) is 4.79 Å². The van der Waals surface area contributed by atoms with Crippen molar-refractivity contribution in [3.05, 3.63) is 61.7 Å². The van der Waals surface area contributed by atoms with Crippen LogP contribution in [0, 0.1) is 0 Å². The fourth-order valence-electron chi connectivity index (χ4n) is 1.54. The van der Waals surface area contributed by atoms with Crippen molar-refractivity contribution in [3.8, 4) is 0 Å². The van der Waals surface area contributed by atoms with Crippen LogP contribution in [-0.4, -0.2) is 9.97 Å². The van der Waals surface area contributed by atoms with Crippen molar-refractivity contribution in [3.63, 3.8) is 0 Å². The molecule has 1 N–H and O–H groups in total. The molecule has 0 saturated heterocycles. The second-order valence-electron chi connectivity index (χ2n) is 4.00. The summed E-state index contributed by atoms with van der Waals surface area (Å²) in [5.41, 5.74) is -1.89. The molecule has 0 aliphatic heterocycles. The maximum Gasteiger partial charge on any atom is 0.431 e. The van der Waals surface area contributed by atoms with Gasteiger partial charge in [-0.15, -0.1) is 0 Å². The third-order valence-corrected chi connectivity index (χ3v) is 3.32. The minimum absolute atomic E-state index is 0.137. The Hall–Kier alpha value is -1.79. The van der Waals surface area contributed by atoms with Crippen molar-refractivity contribution in [2.75, 3.05) is 0 Å². The molecule has 0 amide bonds. The minimum Gasteiger partial charge on any atom is -0.302 e. The Kier molecular flexibility index (Phi) is 4.39. The number of halogens is 5. The quantitative estimate of drug-likeness (QED) is 0.891. The fourth-order valence-corrected chi connectivity index (χ4v) is 1.91. The summed E-state index contributed by atoms with van der Waals surface area (Å²) in [6.45, 7) is 0. The molecule has 2 rings (SSSR count). The Labute approximate surface area is 127 Å². The van der Waals surface area contributed by atoms with E-state index in [1.807, 2.05) is 0 Å². The van der Waals surface area contributed by atoms with Crippen LogP contribution in [0.5, 0.6) is 0 Å². The van der Waals surface area contributed by atoms with Crippen LogP contribution >= 0.6 is 23.2 Å². The van der Waals surface area contributed by atoms with Gasteiger partial charge in [-0.3, -0.25) is 0 Å². The third-order valence-electron chi connectivity index (χ3n) is 2.48. The molecule has 8 heteroatoms. The van der Waals surface area contributed by atoms with Crippen molar-refractivity contribution in [1.82, 2.24) is 9.97 Å². The van der Waals surface area contributed by atoms with Crippen molar-refractivity contribution < 1.29 is 13.2 Å². The Morgan fingerprint density at radius 3 is 2.57 bits per heavy atom. The molecule has 21 heavy (non-hydrogen) atoms. The lowest BCUT2D eigenvalue weighted by Gasteiger charge is -2.06. The normalized spacial score (nSPS) is 12.0. The van der Waals surface area contributed by atoms with Crippen LogP contribution in [-0.2, 0) is 6.18 Å². The second kappa shape index (κ2) is 5.91. The summed E-state index contributed by atoms with van der Waals surface area (Å²) in [7, 11) is 0. The molecular formula is C13H7Cl2F3N2O. The van der Waals surface area contributed by atoms with E-state index in [0.29, 0.717) is 10.6 Å². The highest BCUT2D eigenvalue weighted by atomic mass is 35.5. The summed E-state index contributed by atoms with van der Waals surface area (Å²) in [6, 6.07) is 5.58. The lowest BCUT2D eigenvalue weighted by atomic mass is 10.2. The average molecular weight is 335 g/mol. The molecule has 0 radical (unpaired) electrons. The summed E-state index contributed by atoms with van der Waals surface area (Å²) in [5, 5.41) is 0.574. The molecule has 0 aliphatic rings. The summed E-state index contributed by atoms with van der Waals surface area (Å²) >= 11 is 11.8. The molecule has 0 saturated carbocycles. The smallest absolute Gasteiger partial charge is 0.302 e. The molecule has 110 valence electrons. The standard InChI is InChI=1S/C13H7Cl2F3N2O/c14-9-3-1-2-7(11(9)15)4-5-8-6-10(13(16,17)18)20-12(21)19-8/h1-6H,(H,19,20,21). The molecule has 0 fully saturated rings. The number of hydrogen-bond acceptors (Lipinski definition) is 2. The number of nitrogens with zero attached hydrogens (tertiary/aromatic N) is 1. The van der Waals surface area contributed by atoms with Crippen LogP contribution in [0.25, 0.3) is 12.2 Å². The van der Waals surface area contributed by atoms with Crippen LogP contribution in [0.4, 0.5) is 13.2 Å². The van der Waals surface area contributed by atoms with Gasteiger partial charge in [0, 0.05) is 0 Å². The van der Waals surface area contributed by atoms with E-state index in [-0.39, 0.29) is 10.7 Å². The van der Waals surface area contributed by atoms with Crippen LogP contribution < -0.4 is 5.69 Å². The first-order valence-electron chi connectivity index (χ1n) is 5.58. The van der Waals surface area contributed by atoms with Gasteiger partial charge in [-0.1, -0.05) is 41.4 Å². The Morgan fingerprint density at radius 2 is 1.90 bits per heavy atom. The largest absolute Gasteiger partial charge is 0.431 e. The third kappa shape index (κ3) is 3.86. The topological polar surface area (TPSA) is 45.8 Å². The number of rotatable bonds is 2. The van der Waals surface area contributed by atoms with Gasteiger partial charge >= 0.3 is 11.9 Å². The predicted molar refractivity (Wildman–Crippen MR) is 75.2 cm³/mol. The molecule has 3 nitrogen and oxygen atoms in total. The van der Waals surface area contributed by atoms with Crippen LogP contribution in [0.3, 0.4) is 0 Å². The van der Waals surface area contributed by atoms with Gasteiger partial charge in [-0.05, 0) is 23.8 Å². The number of H-pyrrole nitrogens is 1. The zero-order valence-corrected chi connectivity index (χ0v) is 11.7. The number of aromatic amines is 1. The van der Waals surface area contributed by atoms with Gasteiger partial charge in [-0.2, -0.15) is 18.2 Å². The monoisotopic (exact) mass is 334 g/mol. The van der Waals surface area contributed by atoms with E-state index in [1.54, 1.807) is 23.2 Å². The van der Waals surface area contributed by atoms with Crippen LogP contribution in [0.1, 0.15) is 17.0 Å². The number of benzene rings is 1. The summed E-state index contributed by atoms with van der Waals surface area (Å²) in [4.78, 5) is 16.2. The second-order valence-corrected chi connectivity index (χ2v) is 4.78. The molecule has 1 aromatic heterocycles. The molecule has 1 aromatic carbocycles. The van der Waals surface area contributed by atoms with Crippen LogP contribution in [0.15, 0.2) is 29.1 Å². The van der Waals surface area contributed by atoms with Crippen molar-refractivity contribution in [1.29, 1.82) is 0 Å². The van der Waals surface area contributed by atoms with Gasteiger partial charge in [0.25, 0.3) is 0 Å². The molecule has 0 atom stereocenters. The lowest BCUT2D eigenvalue weighted by Crippen LogP contribution is -2.19. The highest BCUT2D eigenvalue weighted by Gasteiger charge is 2.32. The van der Waals surface area contributed by atoms with Crippen molar-refractivity contribution in [2.24, 2.45) is 0 Å². The first-order valence-corrected chi connectivity index (χ1v) is 6.33. The molecular weight excluding hydrogens is 328 g/mol. The summed E-state index contributed by atoms with van der Waals surface area (Å²) in [6.07, 6.45) is -1.98. The van der Waals surface area contributed by atoms with E-state index < -0.39 is 17.6 Å². The Bertz CT molecular complexity index is 754. The van der Waals surface area contributed by atoms with Gasteiger partial charge in [0.05, 0.1) is 15.7 Å². The summed E-state index contributed by atoms with van der Waals surface area (Å²) in [5.74, 6) is 0. The van der Waals surface area contributed by atoms with Gasteiger partial charge in [0.1, 0.15) is 5.69 Å². The van der Waals surface area contributed by atoms with Crippen LogP contribution in [0.2, 0.25) is 10.0 Å². The number of alkyl halides is 3. The van der Waals surface area contributed by atoms with Gasteiger partial charge < -0.3 is 4.98 Å². The van der Waals surface area contributed by atoms with E-state index in [1.165, 1.54) is 12.2 Å². The first-order chi connectivity index (χ1) is 9.77. The zero-order chi connectivity index (χ0) is 15.6. The Balaban J connectivity index is 2.40. The summed E-state index contributed by atoms with van der Waals surface area (Å²) < 4.78 is 37.7. The highest BCUT2D eigenvalue weighted by Crippen LogP contribution is 2.28. The zero-order valence-electron chi connectivity index (χ0n) is 10.2. The van der Waals surface area contributed by atoms with Crippen molar-refractivity contribution in [2.45, 2.75) is 6.18 Å². The van der Waals surface area contributed by atoms with E-state index in [2.05, 4.69) is 4.98 Å². The fraction of sp³-hybridized carbons (Fsp3) is 0.0769. The lowest BCUT2D eigenvalue weighted by molar-refractivity contribution is -0.141. The molecule has 1 heterocycles. The van der Waals surface area contributed by atoms with Gasteiger partial charge in [0.2, 0.25) is 0 Å². The molecule has 0 spiro atoms. The molecule has 0 bridgehead atoms. The van der Waals surface area contributed by atoms with E-state index >= 15 is 0 Å². The molecule has 0 unspecified atom stereocenters. The SMILES string of the molecule is O=c1nc(C=Cc2cccc(Cl)c2Cl)cc(C(F)(F)F)[nH]1. The van der Waals surface area contributed by atoms with E-state index in [4.69, 9.17) is 23.2 Å². The predicted octanol–water partition coefficient (Wildman–Crippen LogP) is 4.27. The number of nitrogens with one attached hydrogen (secondary N) is 1. The number of aromatic nitrogens is 2. The average Bonchev–Trinajstić information content (AvgIpc) is 2.39. The first kappa shape index (κ1) is 15.6. The van der Waals surface area contributed by atoms with Gasteiger partial charge in [0.15, 0.2) is 0 Å². The maximum atomic E-state index is 12.6. The minimum atomic E-state index is -4.65. The Morgan fingerprint density at radius 1 is 1.19 bits per heavy atom. The maximum absolute atomic E-state index is 12.6. The molecule has 0 aliphatic carbocycles. The molecule has 2 aromatic rings.